The summed E-state index contributed by atoms with van der Waals surface area (Å²) in [6, 6.07) is 19.4. The monoisotopic (exact) mass is 399 g/mol. The van der Waals surface area contributed by atoms with Crippen LogP contribution in [-0.2, 0) is 14.9 Å². The van der Waals surface area contributed by atoms with E-state index in [9.17, 15) is 0 Å². The smallest absolute Gasteiger partial charge is 0.198 e. The zero-order valence-electron chi connectivity index (χ0n) is 18.5. The van der Waals surface area contributed by atoms with E-state index in [1.165, 1.54) is 33.5 Å². The van der Waals surface area contributed by atoms with Crippen molar-refractivity contribution in [3.63, 3.8) is 0 Å². The lowest BCUT2D eigenvalue weighted by molar-refractivity contribution is -0.171. The van der Waals surface area contributed by atoms with Gasteiger partial charge in [-0.25, -0.2) is 0 Å². The molecule has 3 nitrogen and oxygen atoms in total. The number of rotatable bonds is 3. The van der Waals surface area contributed by atoms with Gasteiger partial charge in [-0.1, -0.05) is 69.0 Å². The van der Waals surface area contributed by atoms with Gasteiger partial charge in [0.2, 0.25) is 0 Å². The summed E-state index contributed by atoms with van der Waals surface area (Å²) < 4.78 is 11.9. The molecule has 1 atom stereocenters. The standard InChI is InChI=1S/C27H29NO2/c1-18-24-20(19-12-8-7-9-13-19)16-26(22(24)17-27(18,29-5)30-6)25(2,3)21-14-10-11-15-23(21)28(26)4/h7-16H,1,17H2,2-6H3. The average molecular weight is 400 g/mol. The number of fused-ring (bicyclic) bond motifs is 2. The van der Waals surface area contributed by atoms with Crippen molar-refractivity contribution in [1.29, 1.82) is 0 Å². The van der Waals surface area contributed by atoms with E-state index in [0.717, 1.165) is 5.57 Å². The van der Waals surface area contributed by atoms with Crippen molar-refractivity contribution in [2.24, 2.45) is 0 Å². The van der Waals surface area contributed by atoms with E-state index >= 15 is 0 Å². The van der Waals surface area contributed by atoms with E-state index in [0.29, 0.717) is 6.42 Å². The van der Waals surface area contributed by atoms with Crippen LogP contribution >= 0.6 is 0 Å². The molecule has 0 fully saturated rings. The normalized spacial score (nSPS) is 25.7. The van der Waals surface area contributed by atoms with Crippen LogP contribution in [0, 0.1) is 0 Å². The topological polar surface area (TPSA) is 21.7 Å². The van der Waals surface area contributed by atoms with Crippen molar-refractivity contribution in [3.8, 4) is 0 Å². The van der Waals surface area contributed by atoms with Gasteiger partial charge in [-0.15, -0.1) is 0 Å². The van der Waals surface area contributed by atoms with Gasteiger partial charge in [0, 0.05) is 44.4 Å². The molecule has 0 aromatic heterocycles. The zero-order valence-corrected chi connectivity index (χ0v) is 18.5. The van der Waals surface area contributed by atoms with Crippen molar-refractivity contribution in [1.82, 2.24) is 0 Å². The number of benzene rings is 2. The number of anilines is 1. The van der Waals surface area contributed by atoms with Crippen LogP contribution in [-0.4, -0.2) is 32.6 Å². The van der Waals surface area contributed by atoms with Gasteiger partial charge in [0.15, 0.2) is 5.79 Å². The molecule has 0 saturated heterocycles. The SMILES string of the molecule is C=C1C2=C(CC1(OC)OC)C1(C=C2c2ccccc2)N(C)c2ccccc2C1(C)C. The van der Waals surface area contributed by atoms with Gasteiger partial charge in [-0.3, -0.25) is 0 Å². The van der Waals surface area contributed by atoms with Crippen molar-refractivity contribution in [2.45, 2.75) is 37.0 Å². The molecule has 0 saturated carbocycles. The first kappa shape index (κ1) is 19.3. The second kappa shape index (κ2) is 6.19. The van der Waals surface area contributed by atoms with Gasteiger partial charge in [0.25, 0.3) is 0 Å². The lowest BCUT2D eigenvalue weighted by atomic mass is 9.67. The third kappa shape index (κ3) is 2.07. The van der Waals surface area contributed by atoms with E-state index in [1.807, 2.05) is 0 Å². The molecule has 2 aromatic carbocycles. The third-order valence-corrected chi connectivity index (χ3v) is 7.72. The summed E-state index contributed by atoms with van der Waals surface area (Å²) in [5.74, 6) is -0.822. The Hall–Kier alpha value is -2.62. The molecule has 0 N–H and O–H groups in total. The van der Waals surface area contributed by atoms with E-state index in [1.54, 1.807) is 14.2 Å². The highest BCUT2D eigenvalue weighted by atomic mass is 16.7. The Labute approximate surface area is 179 Å². The summed E-state index contributed by atoms with van der Waals surface area (Å²) in [4.78, 5) is 2.45. The Morgan fingerprint density at radius 3 is 2.20 bits per heavy atom. The van der Waals surface area contributed by atoms with Crippen LogP contribution in [0.15, 0.2) is 84.0 Å². The highest BCUT2D eigenvalue weighted by Crippen LogP contribution is 2.65. The first-order chi connectivity index (χ1) is 14.3. The Morgan fingerprint density at radius 1 is 0.933 bits per heavy atom. The van der Waals surface area contributed by atoms with Gasteiger partial charge in [0.05, 0.1) is 5.54 Å². The summed E-state index contributed by atoms with van der Waals surface area (Å²) in [5, 5.41) is 0. The first-order valence-electron chi connectivity index (χ1n) is 10.5. The number of para-hydroxylation sites is 1. The van der Waals surface area contributed by atoms with Crippen LogP contribution in [0.5, 0.6) is 0 Å². The molecule has 154 valence electrons. The Kier molecular flexibility index (Phi) is 3.99. The maximum atomic E-state index is 5.95. The highest BCUT2D eigenvalue weighted by molar-refractivity contribution is 5.95. The second-order valence-electron chi connectivity index (χ2n) is 9.06. The summed E-state index contributed by atoms with van der Waals surface area (Å²) >= 11 is 0. The van der Waals surface area contributed by atoms with Crippen LogP contribution < -0.4 is 4.90 Å². The number of allylic oxidation sites excluding steroid dienone is 1. The number of hydrogen-bond acceptors (Lipinski definition) is 3. The summed E-state index contributed by atoms with van der Waals surface area (Å²) in [5.41, 5.74) is 8.06. The van der Waals surface area contributed by atoms with Crippen molar-refractivity contribution < 1.29 is 9.47 Å². The van der Waals surface area contributed by atoms with Gasteiger partial charge >= 0.3 is 0 Å². The van der Waals surface area contributed by atoms with E-state index in [2.05, 4.69) is 93.0 Å². The Bertz CT molecular complexity index is 1100. The summed E-state index contributed by atoms with van der Waals surface area (Å²) in [6.45, 7) is 9.18. The fourth-order valence-corrected chi connectivity index (χ4v) is 6.10. The molecule has 0 amide bonds. The number of hydrogen-bond donors (Lipinski definition) is 0. The molecule has 0 bridgehead atoms. The molecule has 1 heterocycles. The Balaban J connectivity index is 1.81. The second-order valence-corrected chi connectivity index (χ2v) is 9.06. The lowest BCUT2D eigenvalue weighted by Gasteiger charge is -2.45. The maximum Gasteiger partial charge on any atom is 0.198 e. The molecule has 0 radical (unpaired) electrons. The Morgan fingerprint density at radius 2 is 1.57 bits per heavy atom. The molecule has 1 unspecified atom stereocenters. The van der Waals surface area contributed by atoms with Crippen molar-refractivity contribution in [2.75, 3.05) is 26.2 Å². The number of methoxy groups -OCH3 is 2. The molecule has 30 heavy (non-hydrogen) atoms. The quantitative estimate of drug-likeness (QED) is 0.637. The molecule has 2 aromatic rings. The zero-order chi connectivity index (χ0) is 21.3. The van der Waals surface area contributed by atoms with E-state index in [4.69, 9.17) is 9.47 Å². The largest absolute Gasteiger partial charge is 0.360 e. The highest BCUT2D eigenvalue weighted by Gasteiger charge is 2.63. The predicted molar refractivity (Wildman–Crippen MR) is 123 cm³/mol. The molecule has 1 aliphatic heterocycles. The minimum absolute atomic E-state index is 0.132. The van der Waals surface area contributed by atoms with E-state index in [-0.39, 0.29) is 11.0 Å². The number of likely N-dealkylation sites (N-methyl/N-ethyl adjacent to an activating group) is 1. The lowest BCUT2D eigenvalue weighted by Crippen LogP contribution is -2.54. The third-order valence-electron chi connectivity index (χ3n) is 7.72. The first-order valence-corrected chi connectivity index (χ1v) is 10.5. The van der Waals surface area contributed by atoms with Gasteiger partial charge in [-0.05, 0) is 40.0 Å². The molecule has 5 rings (SSSR count). The minimum Gasteiger partial charge on any atom is -0.360 e. The average Bonchev–Trinajstić information content (AvgIpc) is 3.32. The predicted octanol–water partition coefficient (Wildman–Crippen LogP) is 5.50. The molecule has 3 aliphatic rings. The summed E-state index contributed by atoms with van der Waals surface area (Å²) in [7, 11) is 5.65. The van der Waals surface area contributed by atoms with Gasteiger partial charge < -0.3 is 14.4 Å². The fraction of sp³-hybridized carbons (Fsp3) is 0.333. The summed E-state index contributed by atoms with van der Waals surface area (Å²) in [6.07, 6.45) is 3.14. The number of ether oxygens (including phenoxy) is 2. The van der Waals surface area contributed by atoms with E-state index < -0.39 is 5.79 Å². The molecule has 3 heteroatoms. The van der Waals surface area contributed by atoms with Crippen molar-refractivity contribution >= 4 is 11.3 Å². The number of nitrogens with zero attached hydrogens (tertiary/aromatic N) is 1. The minimum atomic E-state index is -0.822. The maximum absolute atomic E-state index is 5.95. The van der Waals surface area contributed by atoms with Crippen molar-refractivity contribution in [3.05, 3.63) is 95.1 Å². The fourth-order valence-electron chi connectivity index (χ4n) is 6.10. The van der Waals surface area contributed by atoms with Crippen LogP contribution in [0.1, 0.15) is 31.4 Å². The van der Waals surface area contributed by atoms with Crippen LogP contribution in [0.3, 0.4) is 0 Å². The molecular weight excluding hydrogens is 370 g/mol. The molecule has 1 spiro atoms. The van der Waals surface area contributed by atoms with Crippen LogP contribution in [0.4, 0.5) is 5.69 Å². The van der Waals surface area contributed by atoms with Crippen LogP contribution in [0.25, 0.3) is 5.57 Å². The van der Waals surface area contributed by atoms with Gasteiger partial charge in [-0.2, -0.15) is 0 Å². The molecule has 2 aliphatic carbocycles. The van der Waals surface area contributed by atoms with Crippen LogP contribution in [0.2, 0.25) is 0 Å². The molecular formula is C27H29NO2. The van der Waals surface area contributed by atoms with Gasteiger partial charge in [0.1, 0.15) is 0 Å².